The molecule has 0 radical (unpaired) electrons. The maximum Gasteiger partial charge on any atom is 0.168 e. The van der Waals surface area contributed by atoms with Gasteiger partial charge in [-0.15, -0.1) is 0 Å². The van der Waals surface area contributed by atoms with Crippen LogP contribution in [0.2, 0.25) is 0 Å². The molecule has 0 aliphatic carbocycles. The summed E-state index contributed by atoms with van der Waals surface area (Å²) >= 11 is 0. The van der Waals surface area contributed by atoms with Crippen LogP contribution in [0.3, 0.4) is 0 Å². The molecule has 0 aromatic rings. The van der Waals surface area contributed by atoms with Gasteiger partial charge in [0.05, 0.1) is 5.60 Å². The van der Waals surface area contributed by atoms with Gasteiger partial charge in [-0.2, -0.15) is 0 Å². The van der Waals surface area contributed by atoms with E-state index in [-0.39, 0.29) is 17.5 Å². The van der Waals surface area contributed by atoms with Gasteiger partial charge in [-0.3, -0.25) is 0 Å². The van der Waals surface area contributed by atoms with Crippen LogP contribution in [-0.4, -0.2) is 22.7 Å². The molecule has 0 spiro atoms. The standard InChI is InChI=1S/C8H18N2O2/c1-5-6(7(9)10-11)12-8(2,3)4/h6,11H,5H2,1-4H3,(H2,9,10). The SMILES string of the molecule is CCC(OC(C)(C)C)C(N)=NO. The number of hydrogen-bond donors (Lipinski definition) is 2. The van der Waals surface area contributed by atoms with Gasteiger partial charge in [0.1, 0.15) is 6.10 Å². The van der Waals surface area contributed by atoms with Gasteiger partial charge < -0.3 is 15.7 Å². The summed E-state index contributed by atoms with van der Waals surface area (Å²) in [6.07, 6.45) is 0.405. The molecule has 4 nitrogen and oxygen atoms in total. The number of oxime groups is 1. The average molecular weight is 174 g/mol. The minimum atomic E-state index is -0.296. The Balaban J connectivity index is 4.19. The fraction of sp³-hybridized carbons (Fsp3) is 0.875. The summed E-state index contributed by atoms with van der Waals surface area (Å²) < 4.78 is 5.52. The van der Waals surface area contributed by atoms with Crippen LogP contribution in [0, 0.1) is 0 Å². The summed E-state index contributed by atoms with van der Waals surface area (Å²) in [4.78, 5) is 0. The topological polar surface area (TPSA) is 67.8 Å². The van der Waals surface area contributed by atoms with Gasteiger partial charge in [0.2, 0.25) is 0 Å². The van der Waals surface area contributed by atoms with E-state index in [2.05, 4.69) is 5.16 Å². The van der Waals surface area contributed by atoms with Crippen LogP contribution in [0.4, 0.5) is 0 Å². The Morgan fingerprint density at radius 2 is 2.08 bits per heavy atom. The maximum atomic E-state index is 8.42. The maximum absolute atomic E-state index is 8.42. The van der Waals surface area contributed by atoms with Crippen molar-refractivity contribution in [2.75, 3.05) is 0 Å². The van der Waals surface area contributed by atoms with E-state index in [1.54, 1.807) is 0 Å². The predicted octanol–water partition coefficient (Wildman–Crippen LogP) is 1.33. The van der Waals surface area contributed by atoms with E-state index in [4.69, 9.17) is 15.7 Å². The molecule has 0 aliphatic rings. The third-order valence-electron chi connectivity index (χ3n) is 1.31. The van der Waals surface area contributed by atoms with E-state index in [1.165, 1.54) is 0 Å². The number of amidine groups is 1. The zero-order valence-corrected chi connectivity index (χ0v) is 8.16. The second-order valence-corrected chi connectivity index (χ2v) is 3.65. The first kappa shape index (κ1) is 11.2. The van der Waals surface area contributed by atoms with Crippen LogP contribution in [0.5, 0.6) is 0 Å². The first-order valence-corrected chi connectivity index (χ1v) is 4.06. The molecule has 0 aromatic heterocycles. The number of hydrogen-bond acceptors (Lipinski definition) is 3. The quantitative estimate of drug-likeness (QED) is 0.293. The van der Waals surface area contributed by atoms with Crippen LogP contribution in [0.15, 0.2) is 5.16 Å². The van der Waals surface area contributed by atoms with Crippen molar-refractivity contribution in [3.63, 3.8) is 0 Å². The molecule has 3 N–H and O–H groups in total. The predicted molar refractivity (Wildman–Crippen MR) is 48.3 cm³/mol. The van der Waals surface area contributed by atoms with E-state index in [0.29, 0.717) is 6.42 Å². The molecule has 4 heteroatoms. The van der Waals surface area contributed by atoms with Crippen LogP contribution < -0.4 is 5.73 Å². The van der Waals surface area contributed by atoms with Crippen molar-refractivity contribution in [1.82, 2.24) is 0 Å². The summed E-state index contributed by atoms with van der Waals surface area (Å²) in [7, 11) is 0. The highest BCUT2D eigenvalue weighted by Gasteiger charge is 2.20. The first-order chi connectivity index (χ1) is 5.40. The lowest BCUT2D eigenvalue weighted by molar-refractivity contribution is -0.0317. The molecule has 0 saturated heterocycles. The average Bonchev–Trinajstić information content (AvgIpc) is 1.97. The molecular weight excluding hydrogens is 156 g/mol. The summed E-state index contributed by atoms with van der Waals surface area (Å²) in [6, 6.07) is 0. The monoisotopic (exact) mass is 174 g/mol. The van der Waals surface area contributed by atoms with Gasteiger partial charge >= 0.3 is 0 Å². The molecule has 0 amide bonds. The fourth-order valence-corrected chi connectivity index (χ4v) is 0.844. The van der Waals surface area contributed by atoms with E-state index in [1.807, 2.05) is 27.7 Å². The highest BCUT2D eigenvalue weighted by molar-refractivity contribution is 5.84. The Morgan fingerprint density at radius 1 is 1.58 bits per heavy atom. The van der Waals surface area contributed by atoms with Crippen molar-refractivity contribution in [3.05, 3.63) is 0 Å². The summed E-state index contributed by atoms with van der Waals surface area (Å²) in [5, 5.41) is 11.3. The van der Waals surface area contributed by atoms with Gasteiger partial charge in [-0.25, -0.2) is 0 Å². The van der Waals surface area contributed by atoms with E-state index in [9.17, 15) is 0 Å². The summed E-state index contributed by atoms with van der Waals surface area (Å²) in [5.74, 6) is 0.132. The van der Waals surface area contributed by atoms with Crippen molar-refractivity contribution >= 4 is 5.84 Å². The minimum Gasteiger partial charge on any atom is -0.409 e. The molecule has 0 aliphatic heterocycles. The highest BCUT2D eigenvalue weighted by Crippen LogP contribution is 2.12. The van der Waals surface area contributed by atoms with E-state index >= 15 is 0 Å². The van der Waals surface area contributed by atoms with E-state index < -0.39 is 0 Å². The van der Waals surface area contributed by atoms with Crippen LogP contribution in [-0.2, 0) is 4.74 Å². The molecule has 1 unspecified atom stereocenters. The van der Waals surface area contributed by atoms with Crippen molar-refractivity contribution in [3.8, 4) is 0 Å². The Kier molecular flexibility index (Phi) is 4.03. The van der Waals surface area contributed by atoms with Gasteiger partial charge in [-0.05, 0) is 27.2 Å². The lowest BCUT2D eigenvalue weighted by atomic mass is 10.1. The molecule has 0 saturated carbocycles. The van der Waals surface area contributed by atoms with Crippen LogP contribution >= 0.6 is 0 Å². The van der Waals surface area contributed by atoms with Gasteiger partial charge in [0, 0.05) is 0 Å². The number of nitrogens with zero attached hydrogens (tertiary/aromatic N) is 1. The summed E-state index contributed by atoms with van der Waals surface area (Å²) in [5.41, 5.74) is 5.14. The van der Waals surface area contributed by atoms with E-state index in [0.717, 1.165) is 0 Å². The van der Waals surface area contributed by atoms with Crippen molar-refractivity contribution < 1.29 is 9.94 Å². The van der Waals surface area contributed by atoms with Crippen molar-refractivity contribution in [2.45, 2.75) is 45.8 Å². The largest absolute Gasteiger partial charge is 0.409 e. The molecule has 1 atom stereocenters. The van der Waals surface area contributed by atoms with Gasteiger partial charge in [0.15, 0.2) is 5.84 Å². The Bertz CT molecular complexity index is 161. The molecular formula is C8H18N2O2. The van der Waals surface area contributed by atoms with Crippen LogP contribution in [0.1, 0.15) is 34.1 Å². The molecule has 0 aromatic carbocycles. The third kappa shape index (κ3) is 4.18. The lowest BCUT2D eigenvalue weighted by Crippen LogP contribution is -2.37. The first-order valence-electron chi connectivity index (χ1n) is 4.06. The molecule has 12 heavy (non-hydrogen) atoms. The van der Waals surface area contributed by atoms with Gasteiger partial charge in [-0.1, -0.05) is 12.1 Å². The lowest BCUT2D eigenvalue weighted by Gasteiger charge is -2.25. The second-order valence-electron chi connectivity index (χ2n) is 3.65. The Hall–Kier alpha value is -0.770. The molecule has 0 heterocycles. The molecule has 0 rings (SSSR count). The number of ether oxygens (including phenoxy) is 1. The Labute approximate surface area is 73.4 Å². The summed E-state index contributed by atoms with van der Waals surface area (Å²) in [6.45, 7) is 7.72. The normalized spacial score (nSPS) is 16.2. The van der Waals surface area contributed by atoms with Crippen molar-refractivity contribution in [2.24, 2.45) is 10.9 Å². The molecule has 0 fully saturated rings. The highest BCUT2D eigenvalue weighted by atomic mass is 16.5. The third-order valence-corrected chi connectivity index (χ3v) is 1.31. The molecule has 0 bridgehead atoms. The van der Waals surface area contributed by atoms with Crippen molar-refractivity contribution in [1.29, 1.82) is 0 Å². The zero-order chi connectivity index (χ0) is 9.78. The second kappa shape index (κ2) is 4.30. The number of nitrogens with two attached hydrogens (primary N) is 1. The van der Waals surface area contributed by atoms with Gasteiger partial charge in [0.25, 0.3) is 0 Å². The minimum absolute atomic E-state index is 0.132. The Morgan fingerprint density at radius 3 is 2.33 bits per heavy atom. The van der Waals surface area contributed by atoms with Crippen LogP contribution in [0.25, 0.3) is 0 Å². The fourth-order valence-electron chi connectivity index (χ4n) is 0.844. The smallest absolute Gasteiger partial charge is 0.168 e. The number of rotatable bonds is 3. The molecule has 72 valence electrons. The zero-order valence-electron chi connectivity index (χ0n) is 8.16.